The number of hydrogen-bond donors (Lipinski definition) is 0. The lowest BCUT2D eigenvalue weighted by molar-refractivity contribution is 0.0736. The fourth-order valence-corrected chi connectivity index (χ4v) is 5.91. The number of ether oxygens (including phenoxy) is 1. The van der Waals surface area contributed by atoms with Gasteiger partial charge in [0, 0.05) is 12.6 Å². The molecular weight excluding hydrogens is 528 g/mol. The van der Waals surface area contributed by atoms with E-state index in [1.165, 1.54) is 11.5 Å². The molecule has 0 saturated heterocycles. The topological polar surface area (TPSA) is 70.3 Å². The van der Waals surface area contributed by atoms with Gasteiger partial charge in [-0.2, -0.15) is 0 Å². The minimum absolute atomic E-state index is 0.0539. The summed E-state index contributed by atoms with van der Waals surface area (Å²) in [6.45, 7) is 7.65. The Morgan fingerprint density at radius 3 is 1.87 bits per heavy atom. The second-order valence-electron chi connectivity index (χ2n) is 10.1. The number of benzene rings is 3. The molecule has 5 rings (SSSR count). The zero-order valence-electron chi connectivity index (χ0n) is 21.9. The van der Waals surface area contributed by atoms with Gasteiger partial charge in [-0.3, -0.25) is 18.7 Å². The second kappa shape index (κ2) is 10.2. The average Bonchev–Trinajstić information content (AvgIpc) is 3.29. The molecule has 0 spiro atoms. The van der Waals surface area contributed by atoms with E-state index in [4.69, 9.17) is 17.0 Å². The van der Waals surface area contributed by atoms with Crippen LogP contribution in [0.3, 0.4) is 0 Å². The Kier molecular flexibility index (Phi) is 6.92. The Balaban J connectivity index is 1.77. The fraction of sp³-hybridized carbons (Fsp3) is 0.161. The second-order valence-corrected chi connectivity index (χ2v) is 11.5. The first kappa shape index (κ1) is 26.5. The summed E-state index contributed by atoms with van der Waals surface area (Å²) in [6.07, 6.45) is 0. The van der Waals surface area contributed by atoms with Gasteiger partial charge in [0.05, 0.1) is 11.3 Å². The predicted molar refractivity (Wildman–Crippen MR) is 158 cm³/mol. The normalized spacial score (nSPS) is 11.5. The van der Waals surface area contributed by atoms with Crippen molar-refractivity contribution >= 4 is 45.5 Å². The van der Waals surface area contributed by atoms with Crippen molar-refractivity contribution in [2.45, 2.75) is 33.1 Å². The Morgan fingerprint density at radius 2 is 1.36 bits per heavy atom. The van der Waals surface area contributed by atoms with E-state index in [9.17, 15) is 14.4 Å². The van der Waals surface area contributed by atoms with Gasteiger partial charge in [-0.1, -0.05) is 69.3 Å². The first-order valence-corrected chi connectivity index (χ1v) is 13.6. The van der Waals surface area contributed by atoms with Crippen LogP contribution in [0, 0.1) is 4.77 Å². The van der Waals surface area contributed by atoms with E-state index in [-0.39, 0.29) is 32.0 Å². The zero-order valence-corrected chi connectivity index (χ0v) is 23.6. The Labute approximate surface area is 234 Å². The lowest BCUT2D eigenvalue weighted by Crippen LogP contribution is -2.24. The first-order chi connectivity index (χ1) is 18.6. The number of esters is 1. The van der Waals surface area contributed by atoms with Crippen molar-refractivity contribution in [2.75, 3.05) is 0 Å². The highest BCUT2D eigenvalue weighted by Crippen LogP contribution is 2.38. The molecule has 2 aromatic heterocycles. The summed E-state index contributed by atoms with van der Waals surface area (Å²) >= 11 is 6.92. The molecule has 0 aliphatic heterocycles. The molecule has 2 heterocycles. The number of Topliss-reactive ketones (excluding diaryl/α,β-unsaturated/α-hetero) is 1. The highest BCUT2D eigenvalue weighted by atomic mass is 32.1. The van der Waals surface area contributed by atoms with Gasteiger partial charge in [0.1, 0.15) is 15.1 Å². The number of rotatable bonds is 5. The number of nitrogens with zero attached hydrogens (tertiary/aromatic N) is 2. The van der Waals surface area contributed by atoms with Crippen molar-refractivity contribution in [3.05, 3.63) is 116 Å². The van der Waals surface area contributed by atoms with Gasteiger partial charge in [-0.05, 0) is 59.6 Å². The predicted octanol–water partition coefficient (Wildman–Crippen LogP) is 7.29. The van der Waals surface area contributed by atoms with Crippen LogP contribution in [0.15, 0.2) is 89.7 Å². The van der Waals surface area contributed by atoms with Gasteiger partial charge in [0.2, 0.25) is 0 Å². The molecule has 0 N–H and O–H groups in total. The molecule has 0 amide bonds. The molecule has 0 aliphatic rings. The lowest BCUT2D eigenvalue weighted by atomic mass is 9.87. The molecule has 0 aliphatic carbocycles. The zero-order chi connectivity index (χ0) is 27.9. The van der Waals surface area contributed by atoms with Crippen molar-refractivity contribution in [1.29, 1.82) is 0 Å². The van der Waals surface area contributed by atoms with E-state index in [0.717, 1.165) is 16.9 Å². The van der Waals surface area contributed by atoms with Crippen molar-refractivity contribution in [3.63, 3.8) is 0 Å². The molecule has 0 fully saturated rings. The number of hydrogen-bond acceptors (Lipinski definition) is 6. The van der Waals surface area contributed by atoms with Crippen molar-refractivity contribution in [3.8, 4) is 17.1 Å². The molecule has 0 unspecified atom stereocenters. The highest BCUT2D eigenvalue weighted by molar-refractivity contribution is 7.71. The Bertz CT molecular complexity index is 1830. The maximum atomic E-state index is 14.1. The van der Waals surface area contributed by atoms with Gasteiger partial charge >= 0.3 is 5.97 Å². The Hall–Kier alpha value is -4.14. The number of ketones is 1. The third-order valence-corrected chi connectivity index (χ3v) is 8.00. The van der Waals surface area contributed by atoms with E-state index >= 15 is 0 Å². The van der Waals surface area contributed by atoms with Crippen LogP contribution in [0.2, 0.25) is 0 Å². The smallest absolute Gasteiger partial charge is 0.343 e. The van der Waals surface area contributed by atoms with Crippen molar-refractivity contribution < 1.29 is 14.3 Å². The molecule has 5 aromatic rings. The molecular formula is C31H26N2O4S2. The molecule has 6 nitrogen and oxygen atoms in total. The summed E-state index contributed by atoms with van der Waals surface area (Å²) in [6, 6.07) is 25.5. The molecule has 196 valence electrons. The summed E-state index contributed by atoms with van der Waals surface area (Å²) in [5, 5.41) is 0.117. The summed E-state index contributed by atoms with van der Waals surface area (Å²) in [7, 11) is 0. The standard InChI is InChI=1S/C31H26N2O4S2/c1-19(34)26-25(37-29(36)20-15-17-21(18-16-20)31(2,3)4)24-27(35)32(22-11-7-5-8-12-22)30(38)33(28(24)39-26)23-13-9-6-10-14-23/h5-18H,1-4H3. The quantitative estimate of drug-likeness (QED) is 0.130. The third-order valence-electron chi connectivity index (χ3n) is 6.38. The largest absolute Gasteiger partial charge is 0.420 e. The maximum absolute atomic E-state index is 14.1. The van der Waals surface area contributed by atoms with Gasteiger partial charge in [-0.25, -0.2) is 4.79 Å². The van der Waals surface area contributed by atoms with E-state index in [0.29, 0.717) is 21.8 Å². The van der Waals surface area contributed by atoms with E-state index in [1.54, 1.807) is 28.8 Å². The number of carbonyl (C=O) groups is 2. The summed E-state index contributed by atoms with van der Waals surface area (Å²) in [4.78, 5) is 40.8. The van der Waals surface area contributed by atoms with E-state index in [1.807, 2.05) is 60.7 Å². The van der Waals surface area contributed by atoms with Gasteiger partial charge < -0.3 is 4.74 Å². The number of carbonyl (C=O) groups excluding carboxylic acids is 2. The third kappa shape index (κ3) is 4.89. The fourth-order valence-electron chi connectivity index (χ4n) is 4.33. The van der Waals surface area contributed by atoms with Crippen molar-refractivity contribution in [1.82, 2.24) is 9.13 Å². The minimum Gasteiger partial charge on any atom is -0.420 e. The summed E-state index contributed by atoms with van der Waals surface area (Å²) in [5.41, 5.74) is 2.11. The van der Waals surface area contributed by atoms with Gasteiger partial charge in [-0.15, -0.1) is 11.3 Å². The van der Waals surface area contributed by atoms with E-state index < -0.39 is 11.5 Å². The van der Waals surface area contributed by atoms with Crippen molar-refractivity contribution in [2.24, 2.45) is 0 Å². The van der Waals surface area contributed by atoms with Gasteiger partial charge in [0.25, 0.3) is 5.56 Å². The summed E-state index contributed by atoms with van der Waals surface area (Å²) in [5.74, 6) is -1.03. The van der Waals surface area contributed by atoms with Crippen LogP contribution < -0.4 is 10.3 Å². The molecule has 0 atom stereocenters. The van der Waals surface area contributed by atoms with Crippen LogP contribution in [-0.4, -0.2) is 20.9 Å². The SMILES string of the molecule is CC(=O)c1sc2c(c1OC(=O)c1ccc(C(C)(C)C)cc1)c(=O)n(-c1ccccc1)c(=S)n2-c1ccccc1. The summed E-state index contributed by atoms with van der Waals surface area (Å²) < 4.78 is 9.24. The lowest BCUT2D eigenvalue weighted by Gasteiger charge is -2.19. The van der Waals surface area contributed by atoms with Crippen LogP contribution in [-0.2, 0) is 5.41 Å². The van der Waals surface area contributed by atoms with Crippen LogP contribution in [0.4, 0.5) is 0 Å². The average molecular weight is 555 g/mol. The van der Waals surface area contributed by atoms with Crippen LogP contribution in [0.5, 0.6) is 5.75 Å². The maximum Gasteiger partial charge on any atom is 0.343 e. The first-order valence-electron chi connectivity index (χ1n) is 12.4. The van der Waals surface area contributed by atoms with Crippen LogP contribution in [0.1, 0.15) is 53.3 Å². The highest BCUT2D eigenvalue weighted by Gasteiger charge is 2.27. The van der Waals surface area contributed by atoms with Gasteiger partial charge in [0.15, 0.2) is 16.3 Å². The number of thiophene rings is 1. The molecule has 0 saturated carbocycles. The molecule has 8 heteroatoms. The number of fused-ring (bicyclic) bond motifs is 1. The number of para-hydroxylation sites is 2. The molecule has 39 heavy (non-hydrogen) atoms. The van der Waals surface area contributed by atoms with Crippen LogP contribution in [0.25, 0.3) is 21.6 Å². The van der Waals surface area contributed by atoms with E-state index in [2.05, 4.69) is 20.8 Å². The Morgan fingerprint density at radius 1 is 0.821 bits per heavy atom. The van der Waals surface area contributed by atoms with Crippen LogP contribution >= 0.6 is 23.6 Å². The molecule has 0 bridgehead atoms. The monoisotopic (exact) mass is 554 g/mol. The minimum atomic E-state index is -0.656. The molecule has 0 radical (unpaired) electrons. The number of aromatic nitrogens is 2. The molecule has 3 aromatic carbocycles.